The number of esters is 2. The first kappa shape index (κ1) is 15.4. The number of ketones is 2. The molecule has 0 saturated heterocycles. The number of hydrogen-bond acceptors (Lipinski definition) is 6. The van der Waals surface area contributed by atoms with Crippen molar-refractivity contribution >= 4 is 23.5 Å². The van der Waals surface area contributed by atoms with Gasteiger partial charge < -0.3 is 9.47 Å². The van der Waals surface area contributed by atoms with Crippen LogP contribution in [0.3, 0.4) is 0 Å². The van der Waals surface area contributed by atoms with Crippen LogP contribution in [0.1, 0.15) is 34.6 Å². The molecule has 96 valence electrons. The Hall–Kier alpha value is -1.56. The zero-order valence-electron chi connectivity index (χ0n) is 10.5. The Morgan fingerprint density at radius 1 is 1.00 bits per heavy atom. The third kappa shape index (κ3) is 5.91. The molecule has 0 N–H and O–H groups in total. The van der Waals surface area contributed by atoms with Gasteiger partial charge in [-0.15, -0.1) is 0 Å². The van der Waals surface area contributed by atoms with E-state index in [1.807, 2.05) is 0 Å². The van der Waals surface area contributed by atoms with Crippen LogP contribution in [0.2, 0.25) is 0 Å². The van der Waals surface area contributed by atoms with Crippen molar-refractivity contribution in [2.45, 2.75) is 46.3 Å². The summed E-state index contributed by atoms with van der Waals surface area (Å²) in [6.07, 6.45) is -1.54. The second-order valence-corrected chi connectivity index (χ2v) is 4.47. The van der Waals surface area contributed by atoms with Crippen LogP contribution < -0.4 is 0 Å². The number of ether oxygens (including phenoxy) is 2. The minimum absolute atomic E-state index is 0.620. The van der Waals surface area contributed by atoms with Crippen molar-refractivity contribution in [2.75, 3.05) is 0 Å². The first-order valence-corrected chi connectivity index (χ1v) is 4.99. The van der Waals surface area contributed by atoms with E-state index in [2.05, 4.69) is 4.74 Å². The van der Waals surface area contributed by atoms with Crippen LogP contribution in [0.15, 0.2) is 0 Å². The average molecular weight is 244 g/mol. The van der Waals surface area contributed by atoms with E-state index >= 15 is 0 Å². The standard InChI is InChI=1S/C11H16O6/c1-6(12)9(17-11(3,4)5)8(14)10(15)16-7(2)13/h9H,1-5H3. The second kappa shape index (κ2) is 5.67. The van der Waals surface area contributed by atoms with Crippen molar-refractivity contribution < 1.29 is 28.7 Å². The maximum atomic E-state index is 11.5. The van der Waals surface area contributed by atoms with Crippen LogP contribution in [0.5, 0.6) is 0 Å². The highest BCUT2D eigenvalue weighted by molar-refractivity contribution is 6.40. The second-order valence-electron chi connectivity index (χ2n) is 4.47. The fraction of sp³-hybridized carbons (Fsp3) is 0.636. The van der Waals surface area contributed by atoms with Crippen molar-refractivity contribution in [2.24, 2.45) is 0 Å². The number of Topliss-reactive ketones (excluding diaryl/α,β-unsaturated/α-hetero) is 2. The van der Waals surface area contributed by atoms with Crippen molar-refractivity contribution in [3.8, 4) is 0 Å². The van der Waals surface area contributed by atoms with Crippen LogP contribution in [0.4, 0.5) is 0 Å². The number of carbonyl (C=O) groups excluding carboxylic acids is 4. The van der Waals surface area contributed by atoms with Gasteiger partial charge in [0.15, 0.2) is 11.9 Å². The van der Waals surface area contributed by atoms with Crippen molar-refractivity contribution in [1.29, 1.82) is 0 Å². The summed E-state index contributed by atoms with van der Waals surface area (Å²) in [5.41, 5.74) is -0.775. The molecule has 6 heteroatoms. The summed E-state index contributed by atoms with van der Waals surface area (Å²) in [4.78, 5) is 44.4. The minimum atomic E-state index is -1.54. The van der Waals surface area contributed by atoms with Crippen molar-refractivity contribution in [1.82, 2.24) is 0 Å². The zero-order chi connectivity index (χ0) is 13.8. The van der Waals surface area contributed by atoms with Gasteiger partial charge in [0, 0.05) is 6.92 Å². The van der Waals surface area contributed by atoms with Gasteiger partial charge in [0.1, 0.15) is 0 Å². The Balaban J connectivity index is 4.84. The van der Waals surface area contributed by atoms with Gasteiger partial charge >= 0.3 is 11.9 Å². The highest BCUT2D eigenvalue weighted by atomic mass is 16.6. The molecule has 0 radical (unpaired) electrons. The summed E-state index contributed by atoms with van der Waals surface area (Å²) in [6.45, 7) is 7.00. The molecule has 0 aliphatic carbocycles. The van der Waals surface area contributed by atoms with E-state index < -0.39 is 35.2 Å². The van der Waals surface area contributed by atoms with Crippen LogP contribution in [-0.4, -0.2) is 35.2 Å². The Morgan fingerprint density at radius 2 is 1.47 bits per heavy atom. The number of rotatable bonds is 4. The van der Waals surface area contributed by atoms with E-state index in [9.17, 15) is 19.2 Å². The van der Waals surface area contributed by atoms with Gasteiger partial charge in [-0.1, -0.05) is 0 Å². The molecule has 0 spiro atoms. The smallest absolute Gasteiger partial charge is 0.385 e. The van der Waals surface area contributed by atoms with E-state index in [0.29, 0.717) is 0 Å². The van der Waals surface area contributed by atoms with Gasteiger partial charge in [0.2, 0.25) is 0 Å². The molecule has 0 saturated carbocycles. The lowest BCUT2D eigenvalue weighted by atomic mass is 10.1. The number of hydrogen-bond donors (Lipinski definition) is 0. The van der Waals surface area contributed by atoms with E-state index in [0.717, 1.165) is 13.8 Å². The van der Waals surface area contributed by atoms with E-state index in [4.69, 9.17) is 4.74 Å². The maximum absolute atomic E-state index is 11.5. The maximum Gasteiger partial charge on any atom is 0.385 e. The van der Waals surface area contributed by atoms with Gasteiger partial charge in [0.25, 0.3) is 5.78 Å². The molecule has 0 fully saturated rings. The Morgan fingerprint density at radius 3 is 1.76 bits per heavy atom. The molecule has 1 unspecified atom stereocenters. The molecule has 0 amide bonds. The molecular weight excluding hydrogens is 228 g/mol. The lowest BCUT2D eigenvalue weighted by molar-refractivity contribution is -0.171. The fourth-order valence-corrected chi connectivity index (χ4v) is 0.963. The molecule has 6 nitrogen and oxygen atoms in total. The summed E-state index contributed by atoms with van der Waals surface area (Å²) in [7, 11) is 0. The van der Waals surface area contributed by atoms with Crippen LogP contribution in [0, 0.1) is 0 Å². The predicted molar refractivity (Wildman–Crippen MR) is 57.1 cm³/mol. The SMILES string of the molecule is CC(=O)OC(=O)C(=O)C(OC(C)(C)C)C(C)=O. The minimum Gasteiger partial charge on any atom is -0.387 e. The summed E-state index contributed by atoms with van der Waals surface area (Å²) < 4.78 is 9.25. The van der Waals surface area contributed by atoms with E-state index in [-0.39, 0.29) is 0 Å². The molecule has 0 rings (SSSR count). The molecule has 0 heterocycles. The van der Waals surface area contributed by atoms with Gasteiger partial charge in [-0.05, 0) is 27.7 Å². The monoisotopic (exact) mass is 244 g/mol. The molecule has 0 aliphatic heterocycles. The molecular formula is C11H16O6. The summed E-state index contributed by atoms with van der Waals surface area (Å²) in [5, 5.41) is 0. The quantitative estimate of drug-likeness (QED) is 0.404. The van der Waals surface area contributed by atoms with E-state index in [1.54, 1.807) is 20.8 Å². The highest BCUT2D eigenvalue weighted by Crippen LogP contribution is 2.12. The third-order valence-corrected chi connectivity index (χ3v) is 1.52. The highest BCUT2D eigenvalue weighted by Gasteiger charge is 2.35. The normalized spacial score (nSPS) is 12.8. The largest absolute Gasteiger partial charge is 0.387 e. The lowest BCUT2D eigenvalue weighted by Gasteiger charge is -2.24. The zero-order valence-corrected chi connectivity index (χ0v) is 10.5. The first-order chi connectivity index (χ1) is 7.54. The van der Waals surface area contributed by atoms with Crippen LogP contribution in [0.25, 0.3) is 0 Å². The molecule has 1 atom stereocenters. The van der Waals surface area contributed by atoms with Gasteiger partial charge in [-0.2, -0.15) is 0 Å². The lowest BCUT2D eigenvalue weighted by Crippen LogP contribution is -2.42. The fourth-order valence-electron chi connectivity index (χ4n) is 0.963. The topological polar surface area (TPSA) is 86.7 Å². The van der Waals surface area contributed by atoms with Crippen molar-refractivity contribution in [3.05, 3.63) is 0 Å². The molecule has 17 heavy (non-hydrogen) atoms. The molecule has 0 bridgehead atoms. The summed E-state index contributed by atoms with van der Waals surface area (Å²) in [5.74, 6) is -4.10. The Kier molecular flexibility index (Phi) is 5.15. The van der Waals surface area contributed by atoms with Crippen molar-refractivity contribution in [3.63, 3.8) is 0 Å². The van der Waals surface area contributed by atoms with Gasteiger partial charge in [0.05, 0.1) is 5.60 Å². The predicted octanol–water partition coefficient (Wildman–Crippen LogP) is 0.418. The number of carbonyl (C=O) groups is 4. The Bertz CT molecular complexity index is 349. The first-order valence-electron chi connectivity index (χ1n) is 4.99. The molecule has 0 aromatic carbocycles. The summed E-state index contributed by atoms with van der Waals surface area (Å²) >= 11 is 0. The third-order valence-electron chi connectivity index (χ3n) is 1.52. The van der Waals surface area contributed by atoms with Crippen LogP contribution in [-0.2, 0) is 28.7 Å². The van der Waals surface area contributed by atoms with Gasteiger partial charge in [-0.25, -0.2) is 4.79 Å². The molecule has 0 aromatic rings. The van der Waals surface area contributed by atoms with Crippen LogP contribution >= 0.6 is 0 Å². The molecule has 0 aromatic heterocycles. The Labute approximate surface area is 99.3 Å². The van der Waals surface area contributed by atoms with E-state index in [1.165, 1.54) is 0 Å². The molecule has 0 aliphatic rings. The summed E-state index contributed by atoms with van der Waals surface area (Å²) in [6, 6.07) is 0. The van der Waals surface area contributed by atoms with Gasteiger partial charge in [-0.3, -0.25) is 14.4 Å². The average Bonchev–Trinajstić information content (AvgIpc) is 2.10.